The lowest BCUT2D eigenvalue weighted by Gasteiger charge is -2.11. The predicted molar refractivity (Wildman–Crippen MR) is 180 cm³/mol. The van der Waals surface area contributed by atoms with Crippen molar-refractivity contribution in [2.45, 2.75) is 13.8 Å². The minimum atomic E-state index is -0.590. The number of rotatable bonds is 9. The average Bonchev–Trinajstić information content (AvgIpc) is 3.34. The quantitative estimate of drug-likeness (QED) is 0.0701. The number of fused-ring (bicyclic) bond motifs is 1. The van der Waals surface area contributed by atoms with Gasteiger partial charge >= 0.3 is 5.97 Å². The van der Waals surface area contributed by atoms with Gasteiger partial charge in [-0.3, -0.25) is 9.59 Å². The van der Waals surface area contributed by atoms with E-state index in [4.69, 9.17) is 44.3 Å². The topological polar surface area (TPSA) is 106 Å². The fraction of sp³-hybridized carbons (Fsp3) is 0.0909. The highest BCUT2D eigenvalue weighted by atomic mass is 35.5. The zero-order chi connectivity index (χ0) is 32.1. The Morgan fingerprint density at radius 3 is 2.40 bits per heavy atom. The lowest BCUT2D eigenvalue weighted by atomic mass is 10.1. The molecule has 0 aliphatic rings. The molecule has 45 heavy (non-hydrogen) atoms. The Morgan fingerprint density at radius 1 is 0.889 bits per heavy atom. The first-order valence-corrected chi connectivity index (χ1v) is 15.5. The van der Waals surface area contributed by atoms with Crippen LogP contribution in [0.4, 0.5) is 5.69 Å². The molecule has 0 aliphatic heterocycles. The molecule has 1 aromatic heterocycles. The summed E-state index contributed by atoms with van der Waals surface area (Å²) in [6.45, 7) is 4.10. The molecule has 0 unspecified atom stereocenters. The minimum absolute atomic E-state index is 0.221. The van der Waals surface area contributed by atoms with Crippen molar-refractivity contribution in [2.24, 2.45) is 5.10 Å². The Hall–Kier alpha value is -4.41. The number of carbonyl (C=O) groups is 3. The fourth-order valence-corrected chi connectivity index (χ4v) is 6.19. The minimum Gasteiger partial charge on any atom is -0.490 e. The van der Waals surface area contributed by atoms with Crippen molar-refractivity contribution in [3.63, 3.8) is 0 Å². The molecule has 0 spiro atoms. The molecule has 2 N–H and O–H groups in total. The van der Waals surface area contributed by atoms with E-state index in [0.717, 1.165) is 15.6 Å². The second kappa shape index (κ2) is 14.1. The van der Waals surface area contributed by atoms with Crippen molar-refractivity contribution in [2.75, 3.05) is 11.9 Å². The number of nitrogens with one attached hydrogen (secondary N) is 2. The molecule has 12 heteroatoms. The Kier molecular flexibility index (Phi) is 10.0. The first-order chi connectivity index (χ1) is 21.6. The van der Waals surface area contributed by atoms with Crippen molar-refractivity contribution in [3.8, 4) is 11.5 Å². The molecule has 0 aliphatic carbocycles. The predicted octanol–water partition coefficient (Wildman–Crippen LogP) is 8.80. The molecule has 0 atom stereocenters. The number of carbonyl (C=O) groups excluding carboxylic acids is 3. The Labute approximate surface area is 277 Å². The summed E-state index contributed by atoms with van der Waals surface area (Å²) in [6, 6.07) is 21.5. The van der Waals surface area contributed by atoms with E-state index in [1.807, 2.05) is 25.1 Å². The number of hydrazone groups is 1. The van der Waals surface area contributed by atoms with E-state index in [-0.39, 0.29) is 16.3 Å². The molecule has 8 nitrogen and oxygen atoms in total. The largest absolute Gasteiger partial charge is 0.490 e. The van der Waals surface area contributed by atoms with E-state index < -0.39 is 17.8 Å². The van der Waals surface area contributed by atoms with Gasteiger partial charge in [0.1, 0.15) is 4.88 Å². The van der Waals surface area contributed by atoms with Crippen molar-refractivity contribution >= 4 is 85.9 Å². The van der Waals surface area contributed by atoms with E-state index in [0.29, 0.717) is 44.1 Å². The number of halogens is 3. The first kappa shape index (κ1) is 32.0. The van der Waals surface area contributed by atoms with Crippen LogP contribution in [0.15, 0.2) is 84.0 Å². The third-order valence-electron chi connectivity index (χ3n) is 6.40. The number of hydrogen-bond acceptors (Lipinski definition) is 7. The van der Waals surface area contributed by atoms with Crippen LogP contribution in [0.2, 0.25) is 15.1 Å². The summed E-state index contributed by atoms with van der Waals surface area (Å²) in [5.74, 6) is -0.918. The second-order valence-corrected chi connectivity index (χ2v) is 11.9. The summed E-state index contributed by atoms with van der Waals surface area (Å²) in [7, 11) is 0. The van der Waals surface area contributed by atoms with E-state index in [2.05, 4.69) is 15.8 Å². The lowest BCUT2D eigenvalue weighted by Crippen LogP contribution is -2.18. The lowest BCUT2D eigenvalue weighted by molar-refractivity contribution is 0.0733. The monoisotopic (exact) mass is 679 g/mol. The van der Waals surface area contributed by atoms with Gasteiger partial charge in [-0.05, 0) is 91.7 Å². The summed E-state index contributed by atoms with van der Waals surface area (Å²) in [5, 5.41) is 8.54. The number of thiophene rings is 1. The summed E-state index contributed by atoms with van der Waals surface area (Å²) in [4.78, 5) is 38.5. The smallest absolute Gasteiger partial charge is 0.355 e. The molecule has 4 aromatic carbocycles. The van der Waals surface area contributed by atoms with Gasteiger partial charge in [0.2, 0.25) is 0 Å². The maximum atomic E-state index is 13.0. The molecular weight excluding hydrogens is 657 g/mol. The van der Waals surface area contributed by atoms with E-state index >= 15 is 0 Å². The maximum absolute atomic E-state index is 13.0. The molecule has 0 saturated heterocycles. The van der Waals surface area contributed by atoms with Gasteiger partial charge in [0.05, 0.1) is 28.4 Å². The fourth-order valence-electron chi connectivity index (χ4n) is 4.21. The van der Waals surface area contributed by atoms with Crippen molar-refractivity contribution < 1.29 is 23.9 Å². The highest BCUT2D eigenvalue weighted by molar-refractivity contribution is 7.21. The molecule has 0 saturated carbocycles. The number of amides is 2. The van der Waals surface area contributed by atoms with Crippen LogP contribution < -0.4 is 20.2 Å². The molecule has 0 radical (unpaired) electrons. The molecule has 5 rings (SSSR count). The highest BCUT2D eigenvalue weighted by Crippen LogP contribution is 2.37. The van der Waals surface area contributed by atoms with Gasteiger partial charge in [0.15, 0.2) is 11.5 Å². The van der Waals surface area contributed by atoms with E-state index in [1.54, 1.807) is 55.5 Å². The maximum Gasteiger partial charge on any atom is 0.355 e. The van der Waals surface area contributed by atoms with E-state index in [9.17, 15) is 14.4 Å². The molecule has 228 valence electrons. The number of esters is 1. The molecule has 5 aromatic rings. The first-order valence-electron chi connectivity index (χ1n) is 13.5. The van der Waals surface area contributed by atoms with Crippen LogP contribution in [0.3, 0.4) is 0 Å². The van der Waals surface area contributed by atoms with Crippen molar-refractivity contribution in [1.29, 1.82) is 0 Å². The molecule has 0 bridgehead atoms. The summed E-state index contributed by atoms with van der Waals surface area (Å²) >= 11 is 19.7. The van der Waals surface area contributed by atoms with Gasteiger partial charge in [-0.25, -0.2) is 10.2 Å². The third-order valence-corrected chi connectivity index (χ3v) is 8.59. The SMILES string of the molecule is CCOc1cc(/C=N\NC(=O)c2ccc(NC(=O)c3ccc(Cl)cc3Cl)cc2)ccc1OC(=O)c1sc2cc(C)ccc2c1Cl. The number of hydrogen-bond donors (Lipinski definition) is 2. The molecular formula is C33H24Cl3N3O5S. The van der Waals surface area contributed by atoms with Gasteiger partial charge in [0.25, 0.3) is 11.8 Å². The number of nitrogens with zero attached hydrogens (tertiary/aromatic N) is 1. The normalized spacial score (nSPS) is 11.0. The number of ether oxygens (including phenoxy) is 2. The number of aryl methyl sites for hydroxylation is 1. The average molecular weight is 681 g/mol. The Balaban J connectivity index is 1.21. The molecule has 1 heterocycles. The van der Waals surface area contributed by atoms with Crippen LogP contribution in [0.1, 0.15) is 48.4 Å². The van der Waals surface area contributed by atoms with Crippen LogP contribution in [-0.4, -0.2) is 30.6 Å². The summed E-state index contributed by atoms with van der Waals surface area (Å²) in [5.41, 5.74) is 5.18. The van der Waals surface area contributed by atoms with Gasteiger partial charge in [-0.2, -0.15) is 5.10 Å². The van der Waals surface area contributed by atoms with Crippen molar-refractivity contribution in [1.82, 2.24) is 5.43 Å². The standard InChI is InChI=1S/C33H24Cl3N3O5S/c1-3-43-27-15-19(5-13-26(27)44-33(42)30-29(36)24-11-4-18(2)14-28(24)45-30)17-37-39-31(40)20-6-9-22(10-7-20)38-32(41)23-12-8-21(34)16-25(23)35/h4-17H,3H2,1-2H3,(H,38,41)(H,39,40)/b37-17-. The van der Waals surface area contributed by atoms with Crippen molar-refractivity contribution in [3.05, 3.63) is 121 Å². The van der Waals surface area contributed by atoms with Crippen LogP contribution in [0.25, 0.3) is 10.1 Å². The van der Waals surface area contributed by atoms with E-state index in [1.165, 1.54) is 29.7 Å². The van der Waals surface area contributed by atoms with Gasteiger partial charge < -0.3 is 14.8 Å². The highest BCUT2D eigenvalue weighted by Gasteiger charge is 2.21. The van der Waals surface area contributed by atoms with Gasteiger partial charge in [-0.1, -0.05) is 46.9 Å². The zero-order valence-corrected chi connectivity index (χ0v) is 26.9. The zero-order valence-electron chi connectivity index (χ0n) is 23.8. The van der Waals surface area contributed by atoms with Crippen LogP contribution in [0, 0.1) is 6.92 Å². The van der Waals surface area contributed by atoms with Crippen LogP contribution in [-0.2, 0) is 0 Å². The third kappa shape index (κ3) is 7.64. The summed E-state index contributed by atoms with van der Waals surface area (Å²) in [6.07, 6.45) is 1.43. The molecule has 2 amide bonds. The Morgan fingerprint density at radius 2 is 1.67 bits per heavy atom. The van der Waals surface area contributed by atoms with Gasteiger partial charge in [-0.15, -0.1) is 11.3 Å². The second-order valence-electron chi connectivity index (χ2n) is 9.63. The Bertz CT molecular complexity index is 1960. The number of benzene rings is 4. The van der Waals surface area contributed by atoms with Gasteiger partial charge in [0, 0.05) is 26.4 Å². The van der Waals surface area contributed by atoms with Crippen LogP contribution in [0.5, 0.6) is 11.5 Å². The molecule has 0 fully saturated rings. The summed E-state index contributed by atoms with van der Waals surface area (Å²) < 4.78 is 12.3. The van der Waals surface area contributed by atoms with Crippen LogP contribution >= 0.6 is 46.1 Å². The number of anilines is 1.